The fourth-order valence-corrected chi connectivity index (χ4v) is 6.49. The van der Waals surface area contributed by atoms with Crippen LogP contribution in [0.15, 0.2) is 30.3 Å². The Morgan fingerprint density at radius 3 is 2.77 bits per heavy atom. The Morgan fingerprint density at radius 1 is 1.12 bits per heavy atom. The van der Waals surface area contributed by atoms with Gasteiger partial charge in [-0.15, -0.1) is 5.10 Å². The highest BCUT2D eigenvalue weighted by Gasteiger charge is 2.22. The minimum absolute atomic E-state index is 0.166. The lowest BCUT2D eigenvalue weighted by atomic mass is 9.94. The number of phenols is 1. The van der Waals surface area contributed by atoms with E-state index in [1.807, 2.05) is 6.07 Å². The number of benzene rings is 2. The number of aromatic hydroxyl groups is 1. The molecule has 0 saturated heterocycles. The first-order chi connectivity index (χ1) is 19.5. The second-order valence-corrected chi connectivity index (χ2v) is 11.4. The molecular formula is C32H44N6O2. The maximum Gasteiger partial charge on any atom is 0.243 e. The largest absolute Gasteiger partial charge is 0.508 e. The molecule has 214 valence electrons. The molecule has 40 heavy (non-hydrogen) atoms. The van der Waals surface area contributed by atoms with E-state index in [1.165, 1.54) is 66.8 Å². The molecule has 1 amide bonds. The smallest absolute Gasteiger partial charge is 0.243 e. The van der Waals surface area contributed by atoms with E-state index in [9.17, 15) is 9.90 Å². The molecular weight excluding hydrogens is 500 g/mol. The number of fused-ring (bicyclic) bond motifs is 3. The third-order valence-corrected chi connectivity index (χ3v) is 8.72. The summed E-state index contributed by atoms with van der Waals surface area (Å²) >= 11 is 0. The molecule has 0 atom stereocenters. The van der Waals surface area contributed by atoms with Crippen LogP contribution in [0, 0.1) is 0 Å². The standard InChI is InChI=1S/C32H44N6O2/c1-33-31(40)15-13-24-20-27(39)14-12-23(24)16-17-34-22-25-21-30-32(29-11-6-10-28(25)29)38(36-35-30)19-7-18-37(2)26-8-4-3-5-9-26/h12-15,20-21,26,34,39H,3-11,16-19,22H2,1-2H3,(H,33,40)/b15-13-. The molecule has 1 fully saturated rings. The van der Waals surface area contributed by atoms with Crippen molar-refractivity contribution in [3.63, 3.8) is 0 Å². The van der Waals surface area contributed by atoms with Crippen molar-refractivity contribution in [1.82, 2.24) is 30.5 Å². The van der Waals surface area contributed by atoms with Gasteiger partial charge in [0.25, 0.3) is 0 Å². The molecule has 0 radical (unpaired) electrons. The number of hydrogen-bond donors (Lipinski definition) is 3. The first-order valence-electron chi connectivity index (χ1n) is 15.0. The lowest BCUT2D eigenvalue weighted by molar-refractivity contribution is -0.115. The first-order valence-corrected chi connectivity index (χ1v) is 15.0. The van der Waals surface area contributed by atoms with Crippen molar-refractivity contribution in [1.29, 1.82) is 0 Å². The van der Waals surface area contributed by atoms with Crippen molar-refractivity contribution in [3.05, 3.63) is 58.2 Å². The molecule has 5 rings (SSSR count). The molecule has 0 unspecified atom stereocenters. The molecule has 0 bridgehead atoms. The molecule has 2 aliphatic rings. The Kier molecular flexibility index (Phi) is 9.49. The van der Waals surface area contributed by atoms with Gasteiger partial charge in [-0.25, -0.2) is 4.68 Å². The number of carbonyl (C=O) groups excluding carboxylic acids is 1. The van der Waals surface area contributed by atoms with Gasteiger partial charge in [0.05, 0.1) is 5.52 Å². The number of rotatable bonds is 12. The van der Waals surface area contributed by atoms with E-state index in [4.69, 9.17) is 0 Å². The fourth-order valence-electron chi connectivity index (χ4n) is 6.49. The molecule has 8 heteroatoms. The van der Waals surface area contributed by atoms with Gasteiger partial charge in [0.2, 0.25) is 5.91 Å². The van der Waals surface area contributed by atoms with Gasteiger partial charge in [0.15, 0.2) is 0 Å². The summed E-state index contributed by atoms with van der Waals surface area (Å²) in [4.78, 5) is 14.2. The molecule has 1 saturated carbocycles. The average molecular weight is 545 g/mol. The van der Waals surface area contributed by atoms with Gasteiger partial charge in [0, 0.05) is 32.3 Å². The van der Waals surface area contributed by atoms with Crippen LogP contribution in [0.4, 0.5) is 0 Å². The summed E-state index contributed by atoms with van der Waals surface area (Å²) in [5.41, 5.74) is 8.44. The third-order valence-electron chi connectivity index (χ3n) is 8.72. The van der Waals surface area contributed by atoms with E-state index in [0.717, 1.165) is 74.5 Å². The van der Waals surface area contributed by atoms with Crippen molar-refractivity contribution < 1.29 is 9.90 Å². The second-order valence-electron chi connectivity index (χ2n) is 11.4. The van der Waals surface area contributed by atoms with Crippen LogP contribution in [0.1, 0.15) is 72.8 Å². The minimum atomic E-state index is -0.166. The zero-order chi connectivity index (χ0) is 27.9. The zero-order valence-electron chi connectivity index (χ0n) is 24.1. The lowest BCUT2D eigenvalue weighted by Crippen LogP contribution is -2.34. The Labute approximate surface area is 237 Å². The lowest BCUT2D eigenvalue weighted by Gasteiger charge is -2.31. The molecule has 3 N–H and O–H groups in total. The SMILES string of the molecule is CNC(=O)/C=C\c1cc(O)ccc1CCNCc1cc2nnn(CCCN(C)C3CCCCC3)c2c2c1CCC2. The fraction of sp³-hybridized carbons (Fsp3) is 0.531. The molecule has 2 aliphatic carbocycles. The van der Waals surface area contributed by atoms with Crippen molar-refractivity contribution in [2.24, 2.45) is 0 Å². The number of nitrogens with one attached hydrogen (secondary N) is 2. The van der Waals surface area contributed by atoms with E-state index < -0.39 is 0 Å². The Balaban J connectivity index is 1.20. The quantitative estimate of drug-likeness (QED) is 0.232. The Hall–Kier alpha value is -3.23. The summed E-state index contributed by atoms with van der Waals surface area (Å²) < 4.78 is 2.16. The number of likely N-dealkylation sites (N-methyl/N-ethyl adjacent to an activating group) is 1. The molecule has 0 aliphatic heterocycles. The van der Waals surface area contributed by atoms with Crippen molar-refractivity contribution >= 4 is 23.0 Å². The summed E-state index contributed by atoms with van der Waals surface area (Å²) in [6.07, 6.45) is 15.4. The highest BCUT2D eigenvalue weighted by molar-refractivity contribution is 5.91. The van der Waals surface area contributed by atoms with E-state index in [1.54, 1.807) is 25.3 Å². The molecule has 8 nitrogen and oxygen atoms in total. The summed E-state index contributed by atoms with van der Waals surface area (Å²) in [7, 11) is 3.89. The van der Waals surface area contributed by atoms with E-state index in [-0.39, 0.29) is 11.7 Å². The van der Waals surface area contributed by atoms with Crippen LogP contribution in [0.5, 0.6) is 5.75 Å². The van der Waals surface area contributed by atoms with Gasteiger partial charge in [-0.05, 0) is 117 Å². The van der Waals surface area contributed by atoms with E-state index >= 15 is 0 Å². The average Bonchev–Trinajstić information content (AvgIpc) is 3.62. The number of carbonyl (C=O) groups is 1. The Bertz CT molecular complexity index is 1340. The predicted octanol–water partition coefficient (Wildman–Crippen LogP) is 4.37. The van der Waals surface area contributed by atoms with Crippen molar-refractivity contribution in [2.75, 3.05) is 27.2 Å². The minimum Gasteiger partial charge on any atom is -0.508 e. The van der Waals surface area contributed by atoms with Crippen LogP contribution < -0.4 is 10.6 Å². The summed E-state index contributed by atoms with van der Waals surface area (Å²) in [6.45, 7) is 3.61. The monoisotopic (exact) mass is 544 g/mol. The Morgan fingerprint density at radius 2 is 1.95 bits per heavy atom. The normalized spacial score (nSPS) is 15.9. The van der Waals surface area contributed by atoms with Crippen LogP contribution >= 0.6 is 0 Å². The van der Waals surface area contributed by atoms with Gasteiger partial charge < -0.3 is 20.6 Å². The zero-order valence-corrected chi connectivity index (χ0v) is 24.1. The maximum atomic E-state index is 11.6. The van der Waals surface area contributed by atoms with Gasteiger partial charge in [-0.1, -0.05) is 30.5 Å². The summed E-state index contributed by atoms with van der Waals surface area (Å²) in [6, 6.07) is 8.32. The molecule has 1 aromatic heterocycles. The highest BCUT2D eigenvalue weighted by Crippen LogP contribution is 2.32. The number of aryl methyl sites for hydroxylation is 2. The first kappa shape index (κ1) is 28.3. The molecule has 0 spiro atoms. The third kappa shape index (κ3) is 6.73. The second kappa shape index (κ2) is 13.4. The predicted molar refractivity (Wildman–Crippen MR) is 160 cm³/mol. The molecule has 2 aromatic carbocycles. The van der Waals surface area contributed by atoms with Gasteiger partial charge in [0.1, 0.15) is 11.3 Å². The number of nitrogens with zero attached hydrogens (tertiary/aromatic N) is 4. The van der Waals surface area contributed by atoms with Crippen LogP contribution in [-0.4, -0.2) is 64.1 Å². The summed E-state index contributed by atoms with van der Waals surface area (Å²) in [5.74, 6) is 0.0294. The highest BCUT2D eigenvalue weighted by atomic mass is 16.3. The number of phenolic OH excluding ortho intramolecular Hbond substituents is 1. The van der Waals surface area contributed by atoms with E-state index in [0.29, 0.717) is 0 Å². The van der Waals surface area contributed by atoms with Crippen molar-refractivity contribution in [2.45, 2.75) is 83.3 Å². The van der Waals surface area contributed by atoms with Crippen LogP contribution in [0.3, 0.4) is 0 Å². The number of amides is 1. The van der Waals surface area contributed by atoms with Crippen LogP contribution in [0.2, 0.25) is 0 Å². The van der Waals surface area contributed by atoms with Gasteiger partial charge >= 0.3 is 0 Å². The van der Waals surface area contributed by atoms with Gasteiger partial charge in [-0.2, -0.15) is 0 Å². The van der Waals surface area contributed by atoms with Crippen molar-refractivity contribution in [3.8, 4) is 5.75 Å². The topological polar surface area (TPSA) is 95.3 Å². The maximum absolute atomic E-state index is 11.6. The summed E-state index contributed by atoms with van der Waals surface area (Å²) in [5, 5.41) is 25.3. The number of hydrogen-bond acceptors (Lipinski definition) is 6. The van der Waals surface area contributed by atoms with Crippen LogP contribution in [0.25, 0.3) is 17.1 Å². The molecule has 3 aromatic rings. The van der Waals surface area contributed by atoms with E-state index in [2.05, 4.69) is 43.6 Å². The van der Waals surface area contributed by atoms with Gasteiger partial charge in [-0.3, -0.25) is 4.79 Å². The molecule has 1 heterocycles. The number of aromatic nitrogens is 3. The van der Waals surface area contributed by atoms with Crippen LogP contribution in [-0.2, 0) is 37.1 Å².